The molecule has 0 N–H and O–H groups in total. The summed E-state index contributed by atoms with van der Waals surface area (Å²) in [6, 6.07) is 4.30. The Morgan fingerprint density at radius 1 is 1.39 bits per heavy atom. The van der Waals surface area contributed by atoms with Crippen molar-refractivity contribution in [3.8, 4) is 0 Å². The van der Waals surface area contributed by atoms with Crippen molar-refractivity contribution >= 4 is 17.3 Å². The standard InChI is InChI=1S/C19H24N4O5/c1-12(2)18-20-17(28-21-18)11-27-19(24)15-10-14(23(25)26)4-5-16(15)22-8-6-13(3)7-9-22/h4-5,10,12-13H,6-9,11H2,1-3H3. The fraction of sp³-hybridized carbons (Fsp3) is 0.526. The quantitative estimate of drug-likeness (QED) is 0.418. The van der Waals surface area contributed by atoms with Crippen LogP contribution in [-0.4, -0.2) is 34.1 Å². The average molecular weight is 388 g/mol. The minimum atomic E-state index is -0.651. The van der Waals surface area contributed by atoms with E-state index in [-0.39, 0.29) is 29.7 Å². The zero-order chi connectivity index (χ0) is 20.3. The molecule has 2 heterocycles. The molecular weight excluding hydrogens is 364 g/mol. The number of piperidine rings is 1. The molecule has 1 saturated heterocycles. The highest BCUT2D eigenvalue weighted by molar-refractivity contribution is 5.96. The second kappa shape index (κ2) is 8.37. The predicted molar refractivity (Wildman–Crippen MR) is 101 cm³/mol. The molecule has 0 saturated carbocycles. The van der Waals surface area contributed by atoms with E-state index in [1.54, 1.807) is 6.07 Å². The molecule has 9 nitrogen and oxygen atoms in total. The summed E-state index contributed by atoms with van der Waals surface area (Å²) < 4.78 is 10.4. The van der Waals surface area contributed by atoms with Gasteiger partial charge in [-0.15, -0.1) is 0 Å². The number of nitro benzene ring substituents is 1. The maximum atomic E-state index is 12.7. The van der Waals surface area contributed by atoms with Gasteiger partial charge in [0.15, 0.2) is 12.4 Å². The Bertz CT molecular complexity index is 856. The van der Waals surface area contributed by atoms with Gasteiger partial charge in [0, 0.05) is 31.1 Å². The number of hydrogen-bond donors (Lipinski definition) is 0. The van der Waals surface area contributed by atoms with E-state index in [2.05, 4.69) is 22.0 Å². The maximum absolute atomic E-state index is 12.7. The first-order valence-corrected chi connectivity index (χ1v) is 9.38. The summed E-state index contributed by atoms with van der Waals surface area (Å²) in [4.78, 5) is 29.6. The van der Waals surface area contributed by atoms with Gasteiger partial charge in [-0.2, -0.15) is 4.98 Å². The summed E-state index contributed by atoms with van der Waals surface area (Å²) in [5.74, 6) is 0.789. The zero-order valence-corrected chi connectivity index (χ0v) is 16.3. The smallest absolute Gasteiger partial charge is 0.341 e. The first-order chi connectivity index (χ1) is 13.3. The zero-order valence-electron chi connectivity index (χ0n) is 16.3. The summed E-state index contributed by atoms with van der Waals surface area (Å²) in [6.45, 7) is 7.45. The number of ether oxygens (including phenoxy) is 1. The molecule has 0 atom stereocenters. The van der Waals surface area contributed by atoms with Crippen molar-refractivity contribution in [3.63, 3.8) is 0 Å². The number of nitrogens with zero attached hydrogens (tertiary/aromatic N) is 4. The number of benzene rings is 1. The fourth-order valence-electron chi connectivity index (χ4n) is 3.09. The lowest BCUT2D eigenvalue weighted by Gasteiger charge is -2.33. The Hall–Kier alpha value is -2.97. The molecule has 1 aliphatic heterocycles. The fourth-order valence-corrected chi connectivity index (χ4v) is 3.09. The normalized spacial score (nSPS) is 15.1. The van der Waals surface area contributed by atoms with E-state index in [0.717, 1.165) is 25.9 Å². The molecule has 3 rings (SSSR count). The molecule has 0 spiro atoms. The highest BCUT2D eigenvalue weighted by Crippen LogP contribution is 2.30. The minimum absolute atomic E-state index is 0.0954. The van der Waals surface area contributed by atoms with Crippen LogP contribution in [-0.2, 0) is 11.3 Å². The van der Waals surface area contributed by atoms with Crippen LogP contribution in [0.25, 0.3) is 0 Å². The third kappa shape index (κ3) is 4.47. The van der Waals surface area contributed by atoms with E-state index >= 15 is 0 Å². The van der Waals surface area contributed by atoms with Gasteiger partial charge in [0.25, 0.3) is 11.6 Å². The monoisotopic (exact) mass is 388 g/mol. The first-order valence-electron chi connectivity index (χ1n) is 9.38. The first kappa shape index (κ1) is 19.8. The van der Waals surface area contributed by atoms with Crippen LogP contribution in [0.2, 0.25) is 0 Å². The lowest BCUT2D eigenvalue weighted by Crippen LogP contribution is -2.34. The van der Waals surface area contributed by atoms with Crippen LogP contribution >= 0.6 is 0 Å². The summed E-state index contributed by atoms with van der Waals surface area (Å²) in [5, 5.41) is 15.0. The lowest BCUT2D eigenvalue weighted by atomic mass is 9.98. The number of non-ortho nitro benzene ring substituents is 1. The number of carbonyl (C=O) groups excluding carboxylic acids is 1. The molecule has 1 fully saturated rings. The van der Waals surface area contributed by atoms with Crippen molar-refractivity contribution in [3.05, 3.63) is 45.6 Å². The molecule has 0 amide bonds. The second-order valence-corrected chi connectivity index (χ2v) is 7.41. The Kier molecular flexibility index (Phi) is 5.91. The van der Waals surface area contributed by atoms with Gasteiger partial charge in [-0.25, -0.2) is 4.79 Å². The molecule has 1 aromatic heterocycles. The van der Waals surface area contributed by atoms with Gasteiger partial charge < -0.3 is 14.2 Å². The number of rotatable bonds is 6. The Balaban J connectivity index is 1.79. The van der Waals surface area contributed by atoms with Crippen LogP contribution in [0.4, 0.5) is 11.4 Å². The van der Waals surface area contributed by atoms with Gasteiger partial charge in [-0.1, -0.05) is 25.9 Å². The van der Waals surface area contributed by atoms with E-state index < -0.39 is 10.9 Å². The SMILES string of the molecule is CC1CCN(c2ccc([N+](=O)[O-])cc2C(=O)OCc2nc(C(C)C)no2)CC1. The molecule has 150 valence electrons. The van der Waals surface area contributed by atoms with E-state index in [0.29, 0.717) is 17.4 Å². The summed E-state index contributed by atoms with van der Waals surface area (Å²) in [6.07, 6.45) is 2.01. The molecular formula is C19H24N4O5. The van der Waals surface area contributed by atoms with Crippen LogP contribution in [0.15, 0.2) is 22.7 Å². The van der Waals surface area contributed by atoms with Crippen LogP contribution in [0.5, 0.6) is 0 Å². The van der Waals surface area contributed by atoms with E-state index in [1.807, 2.05) is 13.8 Å². The molecule has 1 aromatic carbocycles. The molecule has 28 heavy (non-hydrogen) atoms. The predicted octanol–water partition coefficient (Wildman–Crippen LogP) is 3.69. The Morgan fingerprint density at radius 3 is 2.71 bits per heavy atom. The van der Waals surface area contributed by atoms with Gasteiger partial charge in [0.2, 0.25) is 0 Å². The molecule has 9 heteroatoms. The molecule has 0 aliphatic carbocycles. The number of aromatic nitrogens is 2. The van der Waals surface area contributed by atoms with Crippen LogP contribution in [0.3, 0.4) is 0 Å². The Morgan fingerprint density at radius 2 is 2.11 bits per heavy atom. The van der Waals surface area contributed by atoms with Crippen molar-refractivity contribution in [1.82, 2.24) is 10.1 Å². The Labute approximate surface area is 162 Å². The molecule has 0 bridgehead atoms. The summed E-state index contributed by atoms with van der Waals surface area (Å²) in [5.41, 5.74) is 0.671. The van der Waals surface area contributed by atoms with Gasteiger partial charge in [-0.3, -0.25) is 10.1 Å². The lowest BCUT2D eigenvalue weighted by molar-refractivity contribution is -0.384. The second-order valence-electron chi connectivity index (χ2n) is 7.41. The number of hydrogen-bond acceptors (Lipinski definition) is 8. The van der Waals surface area contributed by atoms with Crippen molar-refractivity contribution in [2.75, 3.05) is 18.0 Å². The van der Waals surface area contributed by atoms with Crippen LogP contribution in [0.1, 0.15) is 61.6 Å². The molecule has 1 aliphatic rings. The van der Waals surface area contributed by atoms with Gasteiger partial charge >= 0.3 is 5.97 Å². The van der Waals surface area contributed by atoms with Crippen molar-refractivity contribution in [1.29, 1.82) is 0 Å². The van der Waals surface area contributed by atoms with Gasteiger partial charge in [0.05, 0.1) is 16.2 Å². The van der Waals surface area contributed by atoms with Gasteiger partial charge in [-0.05, 0) is 24.8 Å². The van der Waals surface area contributed by atoms with Crippen LogP contribution in [0, 0.1) is 16.0 Å². The minimum Gasteiger partial charge on any atom is -0.452 e. The number of nitro groups is 1. The average Bonchev–Trinajstić information content (AvgIpc) is 3.15. The largest absolute Gasteiger partial charge is 0.452 e. The molecule has 0 radical (unpaired) electrons. The maximum Gasteiger partial charge on any atom is 0.341 e. The highest BCUT2D eigenvalue weighted by atomic mass is 16.6. The van der Waals surface area contributed by atoms with Crippen LogP contribution < -0.4 is 4.90 Å². The third-order valence-corrected chi connectivity index (χ3v) is 4.86. The van der Waals surface area contributed by atoms with E-state index in [9.17, 15) is 14.9 Å². The number of anilines is 1. The summed E-state index contributed by atoms with van der Waals surface area (Å²) in [7, 11) is 0. The molecule has 0 unspecified atom stereocenters. The van der Waals surface area contributed by atoms with Gasteiger partial charge in [0.1, 0.15) is 0 Å². The third-order valence-electron chi connectivity index (χ3n) is 4.86. The highest BCUT2D eigenvalue weighted by Gasteiger charge is 2.25. The number of carbonyl (C=O) groups is 1. The summed E-state index contributed by atoms with van der Waals surface area (Å²) >= 11 is 0. The van der Waals surface area contributed by atoms with Crippen molar-refractivity contribution < 1.29 is 19.0 Å². The number of esters is 1. The molecule has 2 aromatic rings. The van der Waals surface area contributed by atoms with Crippen molar-refractivity contribution in [2.24, 2.45) is 5.92 Å². The van der Waals surface area contributed by atoms with E-state index in [4.69, 9.17) is 9.26 Å². The van der Waals surface area contributed by atoms with Crippen molar-refractivity contribution in [2.45, 2.75) is 46.1 Å². The van der Waals surface area contributed by atoms with E-state index in [1.165, 1.54) is 12.1 Å². The topological polar surface area (TPSA) is 112 Å².